The van der Waals surface area contributed by atoms with Gasteiger partial charge in [0.15, 0.2) is 5.82 Å². The van der Waals surface area contributed by atoms with Crippen molar-refractivity contribution in [2.24, 2.45) is 0 Å². The van der Waals surface area contributed by atoms with Gasteiger partial charge in [-0.3, -0.25) is 0 Å². The second-order valence-electron chi connectivity index (χ2n) is 5.92. The lowest BCUT2D eigenvalue weighted by atomic mass is 10.2. The van der Waals surface area contributed by atoms with Crippen molar-refractivity contribution in [1.29, 1.82) is 0 Å². The van der Waals surface area contributed by atoms with Crippen molar-refractivity contribution in [2.45, 2.75) is 37.0 Å². The van der Waals surface area contributed by atoms with Gasteiger partial charge in [0.2, 0.25) is 0 Å². The van der Waals surface area contributed by atoms with Gasteiger partial charge in [-0.1, -0.05) is 23.9 Å². The fourth-order valence-electron chi connectivity index (χ4n) is 3.02. The fourth-order valence-corrected chi connectivity index (χ4v) is 3.79. The molecule has 0 unspecified atom stereocenters. The Morgan fingerprint density at radius 3 is 2.62 bits per heavy atom. The average Bonchev–Trinajstić information content (AvgIpc) is 3.18. The molecule has 4 nitrogen and oxygen atoms in total. The molecule has 0 fully saturated rings. The average molecular weight is 340 g/mol. The SMILES string of the molecule is Cc1c2c(nn1-c1ccc(SCc3ccc(F)cc3)nn1)CCC2. The maximum atomic E-state index is 12.9. The van der Waals surface area contributed by atoms with E-state index in [4.69, 9.17) is 0 Å². The Hall–Kier alpha value is -2.21. The number of hydrogen-bond acceptors (Lipinski definition) is 4. The molecule has 0 radical (unpaired) electrons. The quantitative estimate of drug-likeness (QED) is 0.676. The number of hydrogen-bond donors (Lipinski definition) is 0. The van der Waals surface area contributed by atoms with E-state index in [1.54, 1.807) is 23.9 Å². The minimum atomic E-state index is -0.214. The third-order valence-electron chi connectivity index (χ3n) is 4.31. The normalized spacial score (nSPS) is 13.2. The molecule has 122 valence electrons. The molecule has 0 amide bonds. The Morgan fingerprint density at radius 2 is 1.92 bits per heavy atom. The molecule has 0 N–H and O–H groups in total. The van der Waals surface area contributed by atoms with Gasteiger partial charge in [-0.2, -0.15) is 5.10 Å². The number of halogens is 1. The summed E-state index contributed by atoms with van der Waals surface area (Å²) in [5, 5.41) is 14.1. The van der Waals surface area contributed by atoms with Crippen molar-refractivity contribution in [3.05, 3.63) is 64.7 Å². The van der Waals surface area contributed by atoms with Crippen LogP contribution >= 0.6 is 11.8 Å². The molecule has 4 rings (SSSR count). The number of aromatic nitrogens is 4. The Balaban J connectivity index is 1.48. The van der Waals surface area contributed by atoms with Gasteiger partial charge in [-0.25, -0.2) is 9.07 Å². The lowest BCUT2D eigenvalue weighted by Crippen LogP contribution is -2.04. The molecule has 0 saturated heterocycles. The van der Waals surface area contributed by atoms with Crippen LogP contribution in [0.15, 0.2) is 41.4 Å². The second kappa shape index (κ2) is 6.36. The first-order valence-electron chi connectivity index (χ1n) is 7.99. The largest absolute Gasteiger partial charge is 0.217 e. The van der Waals surface area contributed by atoms with Gasteiger partial charge in [0.05, 0.1) is 5.69 Å². The van der Waals surface area contributed by atoms with E-state index < -0.39 is 0 Å². The summed E-state index contributed by atoms with van der Waals surface area (Å²) in [6.45, 7) is 2.09. The van der Waals surface area contributed by atoms with Crippen LogP contribution < -0.4 is 0 Å². The number of fused-ring (bicyclic) bond motifs is 1. The number of nitrogens with zero attached hydrogens (tertiary/aromatic N) is 4. The number of benzene rings is 1. The summed E-state index contributed by atoms with van der Waals surface area (Å²) in [6.07, 6.45) is 3.37. The van der Waals surface area contributed by atoms with Crippen molar-refractivity contribution in [2.75, 3.05) is 0 Å². The molecule has 2 aromatic heterocycles. The number of aryl methyl sites for hydroxylation is 1. The van der Waals surface area contributed by atoms with E-state index in [9.17, 15) is 4.39 Å². The van der Waals surface area contributed by atoms with Crippen molar-refractivity contribution in [3.63, 3.8) is 0 Å². The molecule has 6 heteroatoms. The highest BCUT2D eigenvalue weighted by Crippen LogP contribution is 2.26. The summed E-state index contributed by atoms with van der Waals surface area (Å²) in [4.78, 5) is 0. The molecule has 3 aromatic rings. The van der Waals surface area contributed by atoms with Crippen LogP contribution in [0.25, 0.3) is 5.82 Å². The number of thioether (sulfide) groups is 1. The molecule has 1 aliphatic carbocycles. The zero-order valence-electron chi connectivity index (χ0n) is 13.4. The van der Waals surface area contributed by atoms with Crippen LogP contribution in [0.1, 0.15) is 28.9 Å². The Labute approximate surface area is 144 Å². The Morgan fingerprint density at radius 1 is 1.08 bits per heavy atom. The predicted octanol–water partition coefficient (Wildman–Crippen LogP) is 3.89. The van der Waals surface area contributed by atoms with Crippen LogP contribution in [-0.2, 0) is 18.6 Å². The molecule has 24 heavy (non-hydrogen) atoms. The first-order chi connectivity index (χ1) is 11.7. The second-order valence-corrected chi connectivity index (χ2v) is 6.92. The first kappa shape index (κ1) is 15.3. The highest BCUT2D eigenvalue weighted by Gasteiger charge is 2.20. The minimum absolute atomic E-state index is 0.214. The van der Waals surface area contributed by atoms with E-state index in [1.165, 1.54) is 35.5 Å². The molecule has 0 atom stereocenters. The monoisotopic (exact) mass is 340 g/mol. The molecule has 0 bridgehead atoms. The van der Waals surface area contributed by atoms with Crippen molar-refractivity contribution >= 4 is 11.8 Å². The van der Waals surface area contributed by atoms with Gasteiger partial charge in [0.1, 0.15) is 10.8 Å². The molecular formula is C18H17FN4S. The van der Waals surface area contributed by atoms with Gasteiger partial charge in [-0.15, -0.1) is 10.2 Å². The van der Waals surface area contributed by atoms with Gasteiger partial charge < -0.3 is 0 Å². The van der Waals surface area contributed by atoms with Crippen LogP contribution in [0.3, 0.4) is 0 Å². The summed E-state index contributed by atoms with van der Waals surface area (Å²) in [5.41, 5.74) is 4.80. The lowest BCUT2D eigenvalue weighted by Gasteiger charge is -2.05. The van der Waals surface area contributed by atoms with Gasteiger partial charge >= 0.3 is 0 Å². The number of rotatable bonds is 4. The zero-order chi connectivity index (χ0) is 16.5. The van der Waals surface area contributed by atoms with Crippen molar-refractivity contribution in [1.82, 2.24) is 20.0 Å². The minimum Gasteiger partial charge on any atom is -0.217 e. The summed E-state index contributed by atoms with van der Waals surface area (Å²) >= 11 is 1.59. The van der Waals surface area contributed by atoms with Crippen LogP contribution in [0.4, 0.5) is 4.39 Å². The fraction of sp³-hybridized carbons (Fsp3) is 0.278. The summed E-state index contributed by atoms with van der Waals surface area (Å²) in [7, 11) is 0. The highest BCUT2D eigenvalue weighted by atomic mass is 32.2. The molecule has 0 spiro atoms. The Kier molecular flexibility index (Phi) is 4.06. The van der Waals surface area contributed by atoms with Gasteiger partial charge in [0, 0.05) is 11.4 Å². The third kappa shape index (κ3) is 2.94. The molecule has 1 aliphatic rings. The molecule has 2 heterocycles. The van der Waals surface area contributed by atoms with Crippen LogP contribution in [-0.4, -0.2) is 20.0 Å². The van der Waals surface area contributed by atoms with E-state index in [-0.39, 0.29) is 5.82 Å². The molecular weight excluding hydrogens is 323 g/mol. The first-order valence-corrected chi connectivity index (χ1v) is 8.98. The van der Waals surface area contributed by atoms with E-state index in [2.05, 4.69) is 22.2 Å². The van der Waals surface area contributed by atoms with Crippen molar-refractivity contribution < 1.29 is 4.39 Å². The highest BCUT2D eigenvalue weighted by molar-refractivity contribution is 7.98. The maximum absolute atomic E-state index is 12.9. The summed E-state index contributed by atoms with van der Waals surface area (Å²) in [6, 6.07) is 10.4. The standard InChI is InChI=1S/C18H17FN4S/c1-12-15-3-2-4-16(15)22-23(12)17-9-10-18(21-20-17)24-11-13-5-7-14(19)8-6-13/h5-10H,2-4,11H2,1H3. The van der Waals surface area contributed by atoms with E-state index in [0.717, 1.165) is 35.0 Å². The summed E-state index contributed by atoms with van der Waals surface area (Å²) in [5.74, 6) is 1.28. The predicted molar refractivity (Wildman–Crippen MR) is 91.9 cm³/mol. The third-order valence-corrected chi connectivity index (χ3v) is 5.30. The molecule has 1 aromatic carbocycles. The van der Waals surface area contributed by atoms with E-state index in [0.29, 0.717) is 0 Å². The zero-order valence-corrected chi connectivity index (χ0v) is 14.2. The van der Waals surface area contributed by atoms with Gasteiger partial charge in [0.25, 0.3) is 0 Å². The van der Waals surface area contributed by atoms with Crippen LogP contribution in [0, 0.1) is 12.7 Å². The van der Waals surface area contributed by atoms with E-state index >= 15 is 0 Å². The van der Waals surface area contributed by atoms with Crippen LogP contribution in [0.2, 0.25) is 0 Å². The maximum Gasteiger partial charge on any atom is 0.176 e. The topological polar surface area (TPSA) is 43.6 Å². The van der Waals surface area contributed by atoms with Crippen LogP contribution in [0.5, 0.6) is 0 Å². The smallest absolute Gasteiger partial charge is 0.176 e. The molecule has 0 saturated carbocycles. The van der Waals surface area contributed by atoms with Crippen molar-refractivity contribution in [3.8, 4) is 5.82 Å². The van der Waals surface area contributed by atoms with E-state index in [1.807, 2.05) is 16.8 Å². The summed E-state index contributed by atoms with van der Waals surface area (Å²) < 4.78 is 14.8. The molecule has 0 aliphatic heterocycles. The lowest BCUT2D eigenvalue weighted by molar-refractivity contribution is 0.627. The Bertz CT molecular complexity index is 856. The van der Waals surface area contributed by atoms with Gasteiger partial charge in [-0.05, 0) is 61.6 Å².